The highest BCUT2D eigenvalue weighted by atomic mass is 79.9. The molecule has 1 rings (SSSR count). The van der Waals surface area contributed by atoms with E-state index in [-0.39, 0.29) is 10.6 Å². The summed E-state index contributed by atoms with van der Waals surface area (Å²) in [7, 11) is 0. The van der Waals surface area contributed by atoms with Crippen molar-refractivity contribution in [2.75, 3.05) is 0 Å². The van der Waals surface area contributed by atoms with Gasteiger partial charge in [0.2, 0.25) is 0 Å². The average Bonchev–Trinajstić information content (AvgIpc) is 2.02. The summed E-state index contributed by atoms with van der Waals surface area (Å²) in [5.41, 5.74) is 0.840. The lowest BCUT2D eigenvalue weighted by Gasteiger charge is -2.03. The number of nitrogens with zero attached hydrogens (tertiary/aromatic N) is 1. The Morgan fingerprint density at radius 2 is 2.25 bits per heavy atom. The molecule has 0 heterocycles. The van der Waals surface area contributed by atoms with Crippen LogP contribution in [0, 0.1) is 24.1 Å². The zero-order valence-corrected chi connectivity index (χ0v) is 8.50. The Labute approximate surface area is 82.9 Å². The van der Waals surface area contributed by atoms with Gasteiger partial charge < -0.3 is 0 Å². The first-order valence-corrected chi connectivity index (χ1v) is 4.29. The predicted octanol–water partition coefficient (Wildman–Crippen LogP) is 3.42. The quantitative estimate of drug-likeness (QED) is 0.645. The van der Waals surface area contributed by atoms with E-state index in [0.717, 1.165) is 0 Å². The standard InChI is InChI=1S/C8H4BrClFN/c1-4-5(3-12)8(10)7(11)2-6(4)9/h2H,1H3. The minimum Gasteiger partial charge on any atom is -0.205 e. The zero-order valence-electron chi connectivity index (χ0n) is 6.16. The highest BCUT2D eigenvalue weighted by molar-refractivity contribution is 9.10. The van der Waals surface area contributed by atoms with Crippen LogP contribution in [-0.2, 0) is 0 Å². The van der Waals surface area contributed by atoms with Gasteiger partial charge in [0, 0.05) is 4.47 Å². The van der Waals surface area contributed by atoms with E-state index in [2.05, 4.69) is 15.9 Å². The molecule has 12 heavy (non-hydrogen) atoms. The first-order chi connectivity index (χ1) is 5.57. The molecule has 0 aliphatic heterocycles. The molecule has 0 amide bonds. The highest BCUT2D eigenvalue weighted by Crippen LogP contribution is 2.28. The summed E-state index contributed by atoms with van der Waals surface area (Å²) < 4.78 is 13.5. The van der Waals surface area contributed by atoms with Gasteiger partial charge in [0.05, 0.1) is 10.6 Å². The zero-order chi connectivity index (χ0) is 9.30. The van der Waals surface area contributed by atoms with Crippen molar-refractivity contribution < 1.29 is 4.39 Å². The van der Waals surface area contributed by atoms with Gasteiger partial charge in [0.1, 0.15) is 11.9 Å². The van der Waals surface area contributed by atoms with Crippen molar-refractivity contribution in [1.82, 2.24) is 0 Å². The van der Waals surface area contributed by atoms with Crippen molar-refractivity contribution in [3.8, 4) is 6.07 Å². The smallest absolute Gasteiger partial charge is 0.144 e. The minimum atomic E-state index is -0.578. The second-order valence-electron chi connectivity index (χ2n) is 2.27. The van der Waals surface area contributed by atoms with Crippen LogP contribution in [0.2, 0.25) is 5.02 Å². The molecule has 0 aliphatic rings. The first kappa shape index (κ1) is 9.50. The Hall–Kier alpha value is -0.590. The molecule has 62 valence electrons. The monoisotopic (exact) mass is 247 g/mol. The molecule has 0 spiro atoms. The molecule has 0 aliphatic carbocycles. The third-order valence-electron chi connectivity index (χ3n) is 1.53. The summed E-state index contributed by atoms with van der Waals surface area (Å²) in [5.74, 6) is -0.578. The summed E-state index contributed by atoms with van der Waals surface area (Å²) >= 11 is 8.67. The van der Waals surface area contributed by atoms with E-state index in [1.807, 2.05) is 6.07 Å². The molecule has 1 aromatic rings. The van der Waals surface area contributed by atoms with Crippen LogP contribution in [0.3, 0.4) is 0 Å². The number of nitriles is 1. The van der Waals surface area contributed by atoms with Crippen LogP contribution in [-0.4, -0.2) is 0 Å². The molecule has 1 nitrogen and oxygen atoms in total. The third-order valence-corrected chi connectivity index (χ3v) is 2.72. The number of halogens is 3. The van der Waals surface area contributed by atoms with Gasteiger partial charge in [-0.05, 0) is 18.6 Å². The second kappa shape index (κ2) is 3.42. The molecule has 0 unspecified atom stereocenters. The van der Waals surface area contributed by atoms with Gasteiger partial charge in [-0.15, -0.1) is 0 Å². The van der Waals surface area contributed by atoms with E-state index in [1.54, 1.807) is 6.92 Å². The van der Waals surface area contributed by atoms with Crippen molar-refractivity contribution in [3.05, 3.63) is 32.5 Å². The van der Waals surface area contributed by atoms with E-state index in [1.165, 1.54) is 6.07 Å². The van der Waals surface area contributed by atoms with E-state index in [0.29, 0.717) is 10.0 Å². The molecular weight excluding hydrogens is 244 g/mol. The molecule has 0 bridgehead atoms. The first-order valence-electron chi connectivity index (χ1n) is 3.12. The van der Waals surface area contributed by atoms with Crippen molar-refractivity contribution in [2.45, 2.75) is 6.92 Å². The molecule has 0 atom stereocenters. The Morgan fingerprint density at radius 1 is 1.67 bits per heavy atom. The van der Waals surface area contributed by atoms with E-state index >= 15 is 0 Å². The van der Waals surface area contributed by atoms with Gasteiger partial charge in [0.15, 0.2) is 0 Å². The minimum absolute atomic E-state index is 0.113. The van der Waals surface area contributed by atoms with E-state index in [9.17, 15) is 4.39 Å². The van der Waals surface area contributed by atoms with Gasteiger partial charge in [-0.3, -0.25) is 0 Å². The Kier molecular flexibility index (Phi) is 2.71. The molecule has 0 aromatic heterocycles. The van der Waals surface area contributed by atoms with Crippen LogP contribution in [0.25, 0.3) is 0 Å². The normalized spacial score (nSPS) is 9.58. The molecule has 0 saturated carbocycles. The largest absolute Gasteiger partial charge is 0.205 e. The molecular formula is C8H4BrClFN. The number of benzene rings is 1. The van der Waals surface area contributed by atoms with Crippen LogP contribution in [0.1, 0.15) is 11.1 Å². The Morgan fingerprint density at radius 3 is 2.75 bits per heavy atom. The van der Waals surface area contributed by atoms with Crippen LogP contribution in [0.4, 0.5) is 4.39 Å². The van der Waals surface area contributed by atoms with Gasteiger partial charge >= 0.3 is 0 Å². The maximum absolute atomic E-state index is 12.9. The Bertz CT molecular complexity index is 344. The lowest BCUT2D eigenvalue weighted by atomic mass is 10.1. The second-order valence-corrected chi connectivity index (χ2v) is 3.50. The number of rotatable bonds is 0. The fraction of sp³-hybridized carbons (Fsp3) is 0.125. The molecule has 0 radical (unpaired) electrons. The predicted molar refractivity (Wildman–Crippen MR) is 48.6 cm³/mol. The van der Waals surface area contributed by atoms with Crippen LogP contribution in [0.15, 0.2) is 10.5 Å². The summed E-state index contributed by atoms with van der Waals surface area (Å²) in [4.78, 5) is 0. The maximum Gasteiger partial charge on any atom is 0.144 e. The van der Waals surface area contributed by atoms with Gasteiger partial charge in [0.25, 0.3) is 0 Å². The molecule has 4 heteroatoms. The fourth-order valence-corrected chi connectivity index (χ4v) is 1.46. The van der Waals surface area contributed by atoms with Crippen molar-refractivity contribution in [2.24, 2.45) is 0 Å². The Balaban J connectivity index is 3.56. The number of hydrogen-bond acceptors (Lipinski definition) is 1. The van der Waals surface area contributed by atoms with Gasteiger partial charge in [-0.1, -0.05) is 27.5 Å². The average molecular weight is 248 g/mol. The highest BCUT2D eigenvalue weighted by Gasteiger charge is 2.11. The number of hydrogen-bond donors (Lipinski definition) is 0. The topological polar surface area (TPSA) is 23.8 Å². The summed E-state index contributed by atoms with van der Waals surface area (Å²) in [6.07, 6.45) is 0. The van der Waals surface area contributed by atoms with Crippen molar-refractivity contribution >= 4 is 27.5 Å². The summed E-state index contributed by atoms with van der Waals surface area (Å²) in [6.45, 7) is 1.70. The summed E-state index contributed by atoms with van der Waals surface area (Å²) in [5, 5.41) is 8.51. The van der Waals surface area contributed by atoms with Crippen molar-refractivity contribution in [1.29, 1.82) is 5.26 Å². The van der Waals surface area contributed by atoms with E-state index < -0.39 is 5.82 Å². The maximum atomic E-state index is 12.9. The molecule has 0 fully saturated rings. The van der Waals surface area contributed by atoms with Crippen LogP contribution >= 0.6 is 27.5 Å². The lowest BCUT2D eigenvalue weighted by molar-refractivity contribution is 0.626. The molecule has 0 N–H and O–H groups in total. The lowest BCUT2D eigenvalue weighted by Crippen LogP contribution is -1.89. The van der Waals surface area contributed by atoms with E-state index in [4.69, 9.17) is 16.9 Å². The fourth-order valence-electron chi connectivity index (χ4n) is 0.819. The van der Waals surface area contributed by atoms with Gasteiger partial charge in [-0.2, -0.15) is 5.26 Å². The van der Waals surface area contributed by atoms with Crippen LogP contribution in [0.5, 0.6) is 0 Å². The van der Waals surface area contributed by atoms with Crippen molar-refractivity contribution in [3.63, 3.8) is 0 Å². The van der Waals surface area contributed by atoms with Gasteiger partial charge in [-0.25, -0.2) is 4.39 Å². The summed E-state index contributed by atoms with van der Waals surface area (Å²) in [6, 6.07) is 3.09. The molecule has 0 saturated heterocycles. The third kappa shape index (κ3) is 1.45. The SMILES string of the molecule is Cc1c(Br)cc(F)c(Cl)c1C#N. The van der Waals surface area contributed by atoms with Crippen LogP contribution < -0.4 is 0 Å². The molecule has 1 aromatic carbocycles.